The molecule has 0 saturated carbocycles. The molecule has 0 unspecified atom stereocenters. The zero-order valence-corrected chi connectivity index (χ0v) is 13.7. The summed E-state index contributed by atoms with van der Waals surface area (Å²) in [6, 6.07) is 4.02. The smallest absolute Gasteiger partial charge is 0.305 e. The molecule has 0 spiro atoms. The van der Waals surface area contributed by atoms with Gasteiger partial charge in [0.05, 0.1) is 30.5 Å². The van der Waals surface area contributed by atoms with Crippen molar-refractivity contribution < 1.29 is 9.47 Å². The average Bonchev–Trinajstić information content (AvgIpc) is 2.90. The molecular weight excluding hydrogens is 300 g/mol. The molecule has 22 heavy (non-hydrogen) atoms. The maximum Gasteiger partial charge on any atom is 0.305 e. The van der Waals surface area contributed by atoms with Crippen molar-refractivity contribution in [2.24, 2.45) is 0 Å². The average molecular weight is 322 g/mol. The molecule has 6 heteroatoms. The summed E-state index contributed by atoms with van der Waals surface area (Å²) < 4.78 is 11.8. The van der Waals surface area contributed by atoms with Crippen LogP contribution in [0.3, 0.4) is 0 Å². The second-order valence-electron chi connectivity index (χ2n) is 5.59. The third-order valence-corrected chi connectivity index (χ3v) is 4.94. The second-order valence-corrected chi connectivity index (χ2v) is 6.60. The number of hydrogen-bond donors (Lipinski definition) is 1. The molecule has 1 aliphatic rings. The highest BCUT2D eigenvalue weighted by Gasteiger charge is 2.11. The van der Waals surface area contributed by atoms with E-state index >= 15 is 0 Å². The molecule has 0 aliphatic carbocycles. The van der Waals surface area contributed by atoms with Crippen molar-refractivity contribution >= 4 is 21.6 Å². The summed E-state index contributed by atoms with van der Waals surface area (Å²) in [4.78, 5) is 16.7. The van der Waals surface area contributed by atoms with Crippen LogP contribution in [0.25, 0.3) is 10.2 Å². The van der Waals surface area contributed by atoms with Gasteiger partial charge in [-0.3, -0.25) is 9.69 Å². The van der Waals surface area contributed by atoms with Gasteiger partial charge in [0.1, 0.15) is 5.75 Å². The number of nitrogens with zero attached hydrogens (tertiary/aromatic N) is 1. The molecule has 1 fully saturated rings. The van der Waals surface area contributed by atoms with Gasteiger partial charge in [0, 0.05) is 19.2 Å². The van der Waals surface area contributed by atoms with Crippen LogP contribution >= 0.6 is 11.3 Å². The maximum atomic E-state index is 11.4. The van der Waals surface area contributed by atoms with Gasteiger partial charge in [0.25, 0.3) is 0 Å². The van der Waals surface area contributed by atoms with Crippen molar-refractivity contribution in [2.45, 2.75) is 19.3 Å². The van der Waals surface area contributed by atoms with E-state index in [-0.39, 0.29) is 4.87 Å². The molecule has 1 aromatic heterocycles. The van der Waals surface area contributed by atoms with Crippen LogP contribution in [0.15, 0.2) is 16.9 Å². The molecule has 1 saturated heterocycles. The first-order chi connectivity index (χ1) is 10.8. The zero-order chi connectivity index (χ0) is 15.4. The van der Waals surface area contributed by atoms with Gasteiger partial charge < -0.3 is 14.5 Å². The van der Waals surface area contributed by atoms with Crippen LogP contribution in [0.2, 0.25) is 0 Å². The van der Waals surface area contributed by atoms with Gasteiger partial charge in [-0.05, 0) is 37.4 Å². The highest BCUT2D eigenvalue weighted by Crippen LogP contribution is 2.27. The summed E-state index contributed by atoms with van der Waals surface area (Å²) >= 11 is 1.26. The monoisotopic (exact) mass is 322 g/mol. The van der Waals surface area contributed by atoms with Crippen molar-refractivity contribution in [2.75, 3.05) is 40.0 Å². The van der Waals surface area contributed by atoms with Crippen molar-refractivity contribution in [3.63, 3.8) is 0 Å². The molecular formula is C16H22N2O3S. The summed E-state index contributed by atoms with van der Waals surface area (Å²) in [5.74, 6) is 0.868. The maximum absolute atomic E-state index is 11.4. The van der Waals surface area contributed by atoms with Crippen LogP contribution in [0.4, 0.5) is 0 Å². The van der Waals surface area contributed by atoms with Gasteiger partial charge in [-0.2, -0.15) is 0 Å². The molecule has 5 nitrogen and oxygen atoms in total. The molecule has 2 heterocycles. The van der Waals surface area contributed by atoms with E-state index in [0.717, 1.165) is 61.7 Å². The van der Waals surface area contributed by atoms with Gasteiger partial charge in [-0.15, -0.1) is 0 Å². The lowest BCUT2D eigenvalue weighted by Gasteiger charge is -2.26. The SMILES string of the molecule is COc1cc2[nH]c(=O)sc2cc1CCCCN1CCOCC1. The first-order valence-corrected chi connectivity index (χ1v) is 8.58. The third-order valence-electron chi connectivity index (χ3n) is 4.10. The van der Waals surface area contributed by atoms with Gasteiger partial charge in [0.2, 0.25) is 0 Å². The number of rotatable bonds is 6. The Bertz CT molecular complexity index is 674. The number of unbranched alkanes of at least 4 members (excludes halogenated alkanes) is 1. The number of ether oxygens (including phenoxy) is 2. The standard InChI is InChI=1S/C16H22N2O3S/c1-20-14-11-13-15(22-16(19)17-13)10-12(14)4-2-3-5-18-6-8-21-9-7-18/h10-11H,2-9H2,1H3,(H,17,19). The summed E-state index contributed by atoms with van der Waals surface area (Å²) in [6.07, 6.45) is 3.28. The fraction of sp³-hybridized carbons (Fsp3) is 0.562. The zero-order valence-electron chi connectivity index (χ0n) is 12.9. The molecule has 0 radical (unpaired) electrons. The Morgan fingerprint density at radius 3 is 2.91 bits per heavy atom. The van der Waals surface area contributed by atoms with E-state index in [1.165, 1.54) is 23.3 Å². The van der Waals surface area contributed by atoms with Crippen LogP contribution in [0.5, 0.6) is 5.75 Å². The molecule has 1 N–H and O–H groups in total. The Labute approximate surface area is 133 Å². The predicted octanol–water partition coefficient (Wildman–Crippen LogP) is 2.25. The van der Waals surface area contributed by atoms with Crippen LogP contribution in [-0.2, 0) is 11.2 Å². The number of fused-ring (bicyclic) bond motifs is 1. The van der Waals surface area contributed by atoms with E-state index < -0.39 is 0 Å². The number of aryl methyl sites for hydroxylation is 1. The third kappa shape index (κ3) is 3.69. The number of nitrogens with one attached hydrogen (secondary N) is 1. The fourth-order valence-electron chi connectivity index (χ4n) is 2.88. The quantitative estimate of drug-likeness (QED) is 0.829. The number of benzene rings is 1. The summed E-state index contributed by atoms with van der Waals surface area (Å²) in [7, 11) is 1.68. The van der Waals surface area contributed by atoms with Gasteiger partial charge in [0.15, 0.2) is 0 Å². The number of methoxy groups -OCH3 is 1. The highest BCUT2D eigenvalue weighted by molar-refractivity contribution is 7.16. The molecule has 0 bridgehead atoms. The molecule has 3 rings (SSSR count). The van der Waals surface area contributed by atoms with Crippen LogP contribution in [-0.4, -0.2) is 49.8 Å². The highest BCUT2D eigenvalue weighted by atomic mass is 32.1. The first-order valence-electron chi connectivity index (χ1n) is 7.76. The molecule has 0 amide bonds. The Morgan fingerprint density at radius 1 is 1.32 bits per heavy atom. The Kier molecular flexibility index (Phi) is 5.12. The van der Waals surface area contributed by atoms with Gasteiger partial charge in [-0.25, -0.2) is 0 Å². The van der Waals surface area contributed by atoms with Crippen LogP contribution in [0.1, 0.15) is 18.4 Å². The van der Waals surface area contributed by atoms with Crippen molar-refractivity contribution in [1.82, 2.24) is 9.88 Å². The van der Waals surface area contributed by atoms with E-state index in [9.17, 15) is 4.79 Å². The Balaban J connectivity index is 1.59. The summed E-state index contributed by atoms with van der Waals surface area (Å²) in [6.45, 7) is 4.94. The number of morpholine rings is 1. The lowest BCUT2D eigenvalue weighted by Crippen LogP contribution is -2.36. The summed E-state index contributed by atoms with van der Waals surface area (Å²) in [5.41, 5.74) is 2.05. The first kappa shape index (κ1) is 15.5. The van der Waals surface area contributed by atoms with E-state index in [0.29, 0.717) is 0 Å². The van der Waals surface area contributed by atoms with Crippen molar-refractivity contribution in [1.29, 1.82) is 0 Å². The fourth-order valence-corrected chi connectivity index (χ4v) is 3.66. The predicted molar refractivity (Wildman–Crippen MR) is 89.2 cm³/mol. The normalized spacial score (nSPS) is 16.2. The number of aromatic nitrogens is 1. The molecule has 1 aromatic carbocycles. The second kappa shape index (κ2) is 7.26. The van der Waals surface area contributed by atoms with E-state index in [1.54, 1.807) is 7.11 Å². The molecule has 1 aliphatic heterocycles. The van der Waals surface area contributed by atoms with Gasteiger partial charge in [-0.1, -0.05) is 11.3 Å². The summed E-state index contributed by atoms with van der Waals surface area (Å²) in [5, 5.41) is 0. The lowest BCUT2D eigenvalue weighted by molar-refractivity contribution is 0.0372. The largest absolute Gasteiger partial charge is 0.496 e. The number of thiazole rings is 1. The molecule has 120 valence electrons. The molecule has 0 atom stereocenters. The number of hydrogen-bond acceptors (Lipinski definition) is 5. The lowest BCUT2D eigenvalue weighted by atomic mass is 10.1. The molecule has 2 aromatic rings. The number of H-pyrrole nitrogens is 1. The van der Waals surface area contributed by atoms with Crippen molar-refractivity contribution in [3.05, 3.63) is 27.4 Å². The van der Waals surface area contributed by atoms with E-state index in [2.05, 4.69) is 16.0 Å². The van der Waals surface area contributed by atoms with Crippen LogP contribution in [0, 0.1) is 0 Å². The Morgan fingerprint density at radius 2 is 2.14 bits per heavy atom. The van der Waals surface area contributed by atoms with Gasteiger partial charge >= 0.3 is 4.87 Å². The van der Waals surface area contributed by atoms with E-state index in [4.69, 9.17) is 9.47 Å². The minimum absolute atomic E-state index is 0.0125. The van der Waals surface area contributed by atoms with E-state index in [1.807, 2.05) is 6.07 Å². The number of aromatic amines is 1. The minimum Gasteiger partial charge on any atom is -0.496 e. The van der Waals surface area contributed by atoms with Crippen molar-refractivity contribution in [3.8, 4) is 5.75 Å². The minimum atomic E-state index is -0.0125. The topological polar surface area (TPSA) is 54.6 Å². The van der Waals surface area contributed by atoms with Crippen LogP contribution < -0.4 is 9.61 Å². The Hall–Kier alpha value is -1.37.